The van der Waals surface area contributed by atoms with E-state index in [0.29, 0.717) is 5.92 Å². The van der Waals surface area contributed by atoms with Crippen LogP contribution >= 0.6 is 11.3 Å². The molecule has 1 aromatic carbocycles. The van der Waals surface area contributed by atoms with Crippen molar-refractivity contribution in [2.75, 3.05) is 6.54 Å². The first kappa shape index (κ1) is 22.0. The highest BCUT2D eigenvalue weighted by atomic mass is 32.1. The molecule has 2 aromatic rings. The number of ether oxygens (including phenoxy) is 1. The van der Waals surface area contributed by atoms with Gasteiger partial charge in [0.25, 0.3) is 0 Å². The van der Waals surface area contributed by atoms with Crippen LogP contribution in [0.2, 0.25) is 0 Å². The van der Waals surface area contributed by atoms with E-state index >= 15 is 0 Å². The average molecular weight is 414 g/mol. The van der Waals surface area contributed by atoms with Gasteiger partial charge < -0.3 is 10.1 Å². The Morgan fingerprint density at radius 2 is 1.93 bits per heavy atom. The molecule has 29 heavy (non-hydrogen) atoms. The highest BCUT2D eigenvalue weighted by Gasteiger charge is 2.32. The summed E-state index contributed by atoms with van der Waals surface area (Å²) < 4.78 is 6.03. The number of carbonyl (C=O) groups is 1. The molecule has 0 spiro atoms. The molecule has 0 aliphatic heterocycles. The largest absolute Gasteiger partial charge is 0.455 e. The van der Waals surface area contributed by atoms with Crippen LogP contribution in [0.3, 0.4) is 0 Å². The lowest BCUT2D eigenvalue weighted by atomic mass is 9.85. The predicted molar refractivity (Wildman–Crippen MR) is 121 cm³/mol. The SMILES string of the molecule is CC(C)c1csc(C(OC(=O)C2CCC2)C(C)NCCCCc2ccccc2)c1. The van der Waals surface area contributed by atoms with Gasteiger partial charge in [-0.2, -0.15) is 0 Å². The van der Waals surface area contributed by atoms with Crippen molar-refractivity contribution < 1.29 is 9.53 Å². The summed E-state index contributed by atoms with van der Waals surface area (Å²) >= 11 is 1.72. The maximum Gasteiger partial charge on any atom is 0.309 e. The Labute approximate surface area is 179 Å². The summed E-state index contributed by atoms with van der Waals surface area (Å²) in [6.45, 7) is 7.49. The van der Waals surface area contributed by atoms with Gasteiger partial charge in [0.1, 0.15) is 0 Å². The summed E-state index contributed by atoms with van der Waals surface area (Å²) in [6.07, 6.45) is 6.30. The van der Waals surface area contributed by atoms with E-state index < -0.39 is 0 Å². The highest BCUT2D eigenvalue weighted by Crippen LogP contribution is 2.34. The summed E-state index contributed by atoms with van der Waals surface area (Å²) in [7, 11) is 0. The third-order valence-corrected chi connectivity index (χ3v) is 6.94. The number of rotatable bonds is 11. The van der Waals surface area contributed by atoms with E-state index in [1.807, 2.05) is 0 Å². The van der Waals surface area contributed by atoms with Gasteiger partial charge in [-0.15, -0.1) is 11.3 Å². The third kappa shape index (κ3) is 6.42. The Balaban J connectivity index is 1.53. The van der Waals surface area contributed by atoms with Gasteiger partial charge in [0.05, 0.1) is 5.92 Å². The molecule has 1 aliphatic rings. The lowest BCUT2D eigenvalue weighted by molar-refractivity contribution is -0.158. The molecular formula is C25H35NO2S. The van der Waals surface area contributed by atoms with E-state index in [1.54, 1.807) is 11.3 Å². The topological polar surface area (TPSA) is 38.3 Å². The smallest absolute Gasteiger partial charge is 0.309 e. The number of esters is 1. The van der Waals surface area contributed by atoms with Crippen molar-refractivity contribution in [3.8, 4) is 0 Å². The number of unbranched alkanes of at least 4 members (excludes halogenated alkanes) is 1. The van der Waals surface area contributed by atoms with Crippen LogP contribution < -0.4 is 5.32 Å². The zero-order chi connectivity index (χ0) is 20.6. The Kier molecular flexibility index (Phi) is 8.31. The summed E-state index contributed by atoms with van der Waals surface area (Å²) in [4.78, 5) is 13.7. The van der Waals surface area contributed by atoms with Crippen LogP contribution in [-0.4, -0.2) is 18.6 Å². The third-order valence-electron chi connectivity index (χ3n) is 5.92. The van der Waals surface area contributed by atoms with Gasteiger partial charge in [0.2, 0.25) is 0 Å². The minimum atomic E-state index is -0.199. The summed E-state index contributed by atoms with van der Waals surface area (Å²) in [5, 5.41) is 5.82. The Morgan fingerprint density at radius 1 is 1.17 bits per heavy atom. The molecule has 1 saturated carbocycles. The van der Waals surface area contributed by atoms with Crippen LogP contribution in [-0.2, 0) is 16.0 Å². The fourth-order valence-electron chi connectivity index (χ4n) is 3.63. The molecule has 3 rings (SSSR count). The molecule has 1 aromatic heterocycles. The number of aryl methyl sites for hydroxylation is 1. The fourth-order valence-corrected chi connectivity index (χ4v) is 4.83. The van der Waals surface area contributed by atoms with E-state index in [9.17, 15) is 4.79 Å². The van der Waals surface area contributed by atoms with Crippen molar-refractivity contribution in [3.63, 3.8) is 0 Å². The van der Waals surface area contributed by atoms with Crippen LogP contribution in [0.4, 0.5) is 0 Å². The second-order valence-electron chi connectivity index (χ2n) is 8.61. The summed E-state index contributed by atoms with van der Waals surface area (Å²) in [6, 6.07) is 13.0. The van der Waals surface area contributed by atoms with E-state index in [4.69, 9.17) is 4.74 Å². The number of hydrogen-bond donors (Lipinski definition) is 1. The van der Waals surface area contributed by atoms with Crippen molar-refractivity contribution in [3.05, 3.63) is 57.8 Å². The molecule has 1 aliphatic carbocycles. The molecule has 2 unspecified atom stereocenters. The maximum absolute atomic E-state index is 12.5. The number of nitrogens with one attached hydrogen (secondary N) is 1. The Morgan fingerprint density at radius 3 is 2.55 bits per heavy atom. The van der Waals surface area contributed by atoms with Crippen LogP contribution in [0, 0.1) is 5.92 Å². The molecule has 1 heterocycles. The lowest BCUT2D eigenvalue weighted by Gasteiger charge is -2.29. The van der Waals surface area contributed by atoms with E-state index in [1.165, 1.54) is 11.1 Å². The van der Waals surface area contributed by atoms with Crippen LogP contribution in [0.15, 0.2) is 41.8 Å². The number of thiophene rings is 1. The van der Waals surface area contributed by atoms with Crippen LogP contribution in [0.1, 0.15) is 80.9 Å². The molecule has 1 N–H and O–H groups in total. The van der Waals surface area contributed by atoms with Gasteiger partial charge in [0, 0.05) is 10.9 Å². The molecular weight excluding hydrogens is 378 g/mol. The zero-order valence-corrected chi connectivity index (χ0v) is 18.8. The summed E-state index contributed by atoms with van der Waals surface area (Å²) in [5.41, 5.74) is 2.72. The zero-order valence-electron chi connectivity index (χ0n) is 18.0. The highest BCUT2D eigenvalue weighted by molar-refractivity contribution is 7.10. The number of hydrogen-bond acceptors (Lipinski definition) is 4. The molecule has 0 saturated heterocycles. The quantitative estimate of drug-likeness (QED) is 0.349. The minimum absolute atomic E-state index is 0.0153. The van der Waals surface area contributed by atoms with Gasteiger partial charge in [-0.3, -0.25) is 4.79 Å². The second-order valence-corrected chi connectivity index (χ2v) is 9.55. The van der Waals surface area contributed by atoms with Crippen molar-refractivity contribution in [2.45, 2.75) is 77.4 Å². The normalized spacial score (nSPS) is 16.4. The van der Waals surface area contributed by atoms with E-state index in [0.717, 1.165) is 49.9 Å². The molecule has 0 bridgehead atoms. The second kappa shape index (κ2) is 10.9. The fraction of sp³-hybridized carbons (Fsp3) is 0.560. The van der Waals surface area contributed by atoms with Crippen molar-refractivity contribution in [1.82, 2.24) is 5.32 Å². The van der Waals surface area contributed by atoms with Crippen LogP contribution in [0.5, 0.6) is 0 Å². The maximum atomic E-state index is 12.5. The predicted octanol–water partition coefficient (Wildman–Crippen LogP) is 6.26. The summed E-state index contributed by atoms with van der Waals surface area (Å²) in [5.74, 6) is 0.586. The van der Waals surface area contributed by atoms with Gasteiger partial charge >= 0.3 is 5.97 Å². The molecule has 0 radical (unpaired) electrons. The molecule has 158 valence electrons. The van der Waals surface area contributed by atoms with Gasteiger partial charge in [0.15, 0.2) is 6.10 Å². The molecule has 4 heteroatoms. The van der Waals surface area contributed by atoms with Crippen molar-refractivity contribution in [1.29, 1.82) is 0 Å². The Hall–Kier alpha value is -1.65. The van der Waals surface area contributed by atoms with Crippen molar-refractivity contribution >= 4 is 17.3 Å². The lowest BCUT2D eigenvalue weighted by Crippen LogP contribution is -2.37. The van der Waals surface area contributed by atoms with Gasteiger partial charge in [-0.1, -0.05) is 50.6 Å². The van der Waals surface area contributed by atoms with Gasteiger partial charge in [-0.25, -0.2) is 0 Å². The van der Waals surface area contributed by atoms with Crippen molar-refractivity contribution in [2.24, 2.45) is 5.92 Å². The van der Waals surface area contributed by atoms with E-state index in [2.05, 4.69) is 67.9 Å². The average Bonchev–Trinajstić information content (AvgIpc) is 3.15. The number of carbonyl (C=O) groups excluding carboxylic acids is 1. The van der Waals surface area contributed by atoms with Crippen LogP contribution in [0.25, 0.3) is 0 Å². The van der Waals surface area contributed by atoms with Gasteiger partial charge in [-0.05, 0) is 74.1 Å². The first-order valence-electron chi connectivity index (χ1n) is 11.1. The van der Waals surface area contributed by atoms with E-state index in [-0.39, 0.29) is 24.0 Å². The first-order chi connectivity index (χ1) is 14.0. The standard InChI is InChI=1S/C25H35NO2S/c1-18(2)22-16-23(29-17-22)24(28-25(27)21-13-9-14-21)19(3)26-15-8-7-12-20-10-5-4-6-11-20/h4-6,10-11,16-19,21,24,26H,7-9,12-15H2,1-3H3. The monoisotopic (exact) mass is 413 g/mol. The molecule has 3 nitrogen and oxygen atoms in total. The Bertz CT molecular complexity index is 751. The molecule has 2 atom stereocenters. The first-order valence-corrected chi connectivity index (χ1v) is 12.0. The molecule has 1 fully saturated rings. The molecule has 0 amide bonds. The number of benzene rings is 1. The minimum Gasteiger partial charge on any atom is -0.455 e.